The number of allylic oxidation sites excluding steroid dienone is 5. The van der Waals surface area contributed by atoms with Gasteiger partial charge in [-0.1, -0.05) is 269 Å². The van der Waals surface area contributed by atoms with Gasteiger partial charge in [0.05, 0.1) is 32.0 Å². The zero-order valence-corrected chi connectivity index (χ0v) is 50.6. The highest BCUT2D eigenvalue weighted by Gasteiger charge is 2.44. The van der Waals surface area contributed by atoms with E-state index in [-0.39, 0.29) is 18.5 Å². The lowest BCUT2D eigenvalue weighted by Crippen LogP contribution is -2.60. The number of hydrogen-bond acceptors (Lipinski definition) is 10. The van der Waals surface area contributed by atoms with Crippen molar-refractivity contribution < 1.29 is 49.3 Å². The minimum Gasteiger partial charge on any atom is -0.466 e. The van der Waals surface area contributed by atoms with Crippen LogP contribution in [0.25, 0.3) is 0 Å². The molecule has 1 aliphatic rings. The number of rotatable bonds is 58. The molecule has 0 aromatic heterocycles. The summed E-state index contributed by atoms with van der Waals surface area (Å²) in [6.45, 7) is 4.33. The van der Waals surface area contributed by atoms with Crippen molar-refractivity contribution in [3.8, 4) is 0 Å². The van der Waals surface area contributed by atoms with Crippen LogP contribution in [-0.4, -0.2) is 100 Å². The Kier molecular flexibility index (Phi) is 53.7. The molecule has 458 valence electrons. The summed E-state index contributed by atoms with van der Waals surface area (Å²) in [7, 11) is 0. The molecule has 78 heavy (non-hydrogen) atoms. The Morgan fingerprint density at radius 3 is 1.27 bits per heavy atom. The van der Waals surface area contributed by atoms with Crippen LogP contribution in [0.15, 0.2) is 36.5 Å². The number of esters is 1. The SMILES string of the molecule is CCCCCCCCC/C=C/CC/C=C/C(O)C(COC1OC(CO)C(O)C(O)C1O)NC(=O)CCCCCCCCCCCC/C=C\CCCCCCCCCCCCCCOC(=O)CCCCCCCCCCCCC. The molecule has 7 unspecified atom stereocenters. The molecule has 1 heterocycles. The highest BCUT2D eigenvalue weighted by molar-refractivity contribution is 5.76. The maximum atomic E-state index is 13.0. The fourth-order valence-electron chi connectivity index (χ4n) is 10.4. The van der Waals surface area contributed by atoms with Crippen LogP contribution >= 0.6 is 0 Å². The predicted octanol–water partition coefficient (Wildman–Crippen LogP) is 16.2. The molecule has 1 saturated heterocycles. The zero-order chi connectivity index (χ0) is 56.6. The lowest BCUT2D eigenvalue weighted by Gasteiger charge is -2.40. The van der Waals surface area contributed by atoms with Gasteiger partial charge in [0.1, 0.15) is 24.4 Å². The molecule has 6 N–H and O–H groups in total. The first-order valence-electron chi connectivity index (χ1n) is 33.3. The lowest BCUT2D eigenvalue weighted by atomic mass is 9.99. The third-order valence-electron chi connectivity index (χ3n) is 15.7. The van der Waals surface area contributed by atoms with Crippen molar-refractivity contribution in [1.29, 1.82) is 0 Å². The molecule has 0 saturated carbocycles. The van der Waals surface area contributed by atoms with E-state index in [2.05, 4.69) is 43.5 Å². The fourth-order valence-corrected chi connectivity index (χ4v) is 10.4. The molecular weight excluding hydrogens is 979 g/mol. The number of hydrogen-bond donors (Lipinski definition) is 6. The second-order valence-corrected chi connectivity index (χ2v) is 23.2. The Labute approximate surface area is 479 Å². The van der Waals surface area contributed by atoms with E-state index < -0.39 is 49.5 Å². The number of unbranched alkanes of at least 4 members (excludes halogenated alkanes) is 40. The molecule has 0 aliphatic carbocycles. The summed E-state index contributed by atoms with van der Waals surface area (Å²) in [5, 5.41) is 54.4. The normalized spacial score (nSPS) is 18.7. The Hall–Kier alpha value is -2.12. The van der Waals surface area contributed by atoms with Gasteiger partial charge in [0.2, 0.25) is 5.91 Å². The van der Waals surface area contributed by atoms with Gasteiger partial charge in [0, 0.05) is 12.8 Å². The zero-order valence-electron chi connectivity index (χ0n) is 50.6. The smallest absolute Gasteiger partial charge is 0.305 e. The molecule has 0 aromatic rings. The summed E-state index contributed by atoms with van der Waals surface area (Å²) in [6, 6.07) is -0.829. The van der Waals surface area contributed by atoms with Crippen LogP contribution in [0, 0.1) is 0 Å². The molecule has 0 bridgehead atoms. The minimum absolute atomic E-state index is 0.00372. The van der Waals surface area contributed by atoms with Crippen LogP contribution in [0.2, 0.25) is 0 Å². The summed E-state index contributed by atoms with van der Waals surface area (Å²) in [5.41, 5.74) is 0. The van der Waals surface area contributed by atoms with Gasteiger partial charge in [-0.3, -0.25) is 9.59 Å². The van der Waals surface area contributed by atoms with Crippen molar-refractivity contribution in [1.82, 2.24) is 5.32 Å². The van der Waals surface area contributed by atoms with Gasteiger partial charge in [-0.2, -0.15) is 0 Å². The van der Waals surface area contributed by atoms with Gasteiger partial charge in [-0.25, -0.2) is 0 Å². The second kappa shape index (κ2) is 56.7. The Balaban J connectivity index is 2.03. The van der Waals surface area contributed by atoms with Crippen LogP contribution in [0.3, 0.4) is 0 Å². The molecule has 0 aromatic carbocycles. The van der Waals surface area contributed by atoms with Crippen LogP contribution in [-0.2, 0) is 23.8 Å². The fraction of sp³-hybridized carbons (Fsp3) is 0.881. The number of carbonyl (C=O) groups is 2. The van der Waals surface area contributed by atoms with Crippen molar-refractivity contribution >= 4 is 11.9 Å². The minimum atomic E-state index is -1.58. The quantitative estimate of drug-likeness (QED) is 0.0195. The number of aliphatic hydroxyl groups is 5. The molecule has 11 heteroatoms. The standard InChI is InChI=1S/C67H125NO10/c1-3-5-7-9-11-13-15-30-34-37-41-45-49-53-60(70)59(58-77-67-66(75)65(74)64(73)61(57-69)78-67)68-62(71)54-50-46-42-38-35-31-28-26-24-22-20-18-16-17-19-21-23-25-27-29-32-36-40-44-48-52-56-76-63(72)55-51-47-43-39-33-14-12-10-8-6-4-2/h16,18,34,37,49,53,59-61,64-67,69-70,73-75H,3-15,17,19-33,35-36,38-48,50-52,54-58H2,1-2H3,(H,68,71)/b18-16-,37-34+,53-49+. The Bertz CT molecular complexity index is 1390. The van der Waals surface area contributed by atoms with E-state index in [0.717, 1.165) is 57.8 Å². The molecule has 11 nitrogen and oxygen atoms in total. The first-order chi connectivity index (χ1) is 38.2. The molecule has 0 radical (unpaired) electrons. The van der Waals surface area contributed by atoms with E-state index in [1.54, 1.807) is 6.08 Å². The Morgan fingerprint density at radius 2 is 0.833 bits per heavy atom. The summed E-state index contributed by atoms with van der Waals surface area (Å²) in [4.78, 5) is 25.1. The molecular formula is C67H125NO10. The lowest BCUT2D eigenvalue weighted by molar-refractivity contribution is -0.302. The summed E-state index contributed by atoms with van der Waals surface area (Å²) in [5.74, 6) is -0.189. The van der Waals surface area contributed by atoms with Gasteiger partial charge in [-0.05, 0) is 70.6 Å². The van der Waals surface area contributed by atoms with Crippen molar-refractivity contribution in [2.75, 3.05) is 19.8 Å². The van der Waals surface area contributed by atoms with Crippen LogP contribution in [0.1, 0.15) is 316 Å². The molecule has 1 aliphatic heterocycles. The van der Waals surface area contributed by atoms with Gasteiger partial charge >= 0.3 is 5.97 Å². The average Bonchev–Trinajstić information content (AvgIpc) is 3.44. The topological polar surface area (TPSA) is 175 Å². The maximum Gasteiger partial charge on any atom is 0.305 e. The number of ether oxygens (including phenoxy) is 3. The third kappa shape index (κ3) is 45.5. The number of aliphatic hydroxyl groups excluding tert-OH is 5. The van der Waals surface area contributed by atoms with Crippen LogP contribution < -0.4 is 5.32 Å². The highest BCUT2D eigenvalue weighted by atomic mass is 16.7. The van der Waals surface area contributed by atoms with Crippen molar-refractivity contribution in [2.24, 2.45) is 0 Å². The predicted molar refractivity (Wildman–Crippen MR) is 324 cm³/mol. The molecule has 1 amide bonds. The first-order valence-corrected chi connectivity index (χ1v) is 33.3. The average molecular weight is 1100 g/mol. The number of amides is 1. The van der Waals surface area contributed by atoms with Gasteiger partial charge in [0.25, 0.3) is 0 Å². The van der Waals surface area contributed by atoms with Gasteiger partial charge in [-0.15, -0.1) is 0 Å². The van der Waals surface area contributed by atoms with E-state index in [1.165, 1.54) is 231 Å². The van der Waals surface area contributed by atoms with Gasteiger partial charge in [0.15, 0.2) is 6.29 Å². The van der Waals surface area contributed by atoms with Crippen LogP contribution in [0.4, 0.5) is 0 Å². The molecule has 1 fully saturated rings. The van der Waals surface area contributed by atoms with E-state index in [0.29, 0.717) is 19.4 Å². The molecule has 1 rings (SSSR count). The van der Waals surface area contributed by atoms with E-state index in [9.17, 15) is 35.1 Å². The number of nitrogens with one attached hydrogen (secondary N) is 1. The van der Waals surface area contributed by atoms with E-state index in [1.807, 2.05) is 6.08 Å². The third-order valence-corrected chi connectivity index (χ3v) is 15.7. The maximum absolute atomic E-state index is 13.0. The summed E-state index contributed by atoms with van der Waals surface area (Å²) >= 11 is 0. The highest BCUT2D eigenvalue weighted by Crippen LogP contribution is 2.23. The van der Waals surface area contributed by atoms with Crippen molar-refractivity contribution in [3.63, 3.8) is 0 Å². The van der Waals surface area contributed by atoms with Crippen molar-refractivity contribution in [2.45, 2.75) is 358 Å². The summed E-state index contributed by atoms with van der Waals surface area (Å²) < 4.78 is 16.7. The second-order valence-electron chi connectivity index (χ2n) is 23.2. The van der Waals surface area contributed by atoms with Gasteiger partial charge < -0.3 is 45.1 Å². The van der Waals surface area contributed by atoms with Crippen LogP contribution in [0.5, 0.6) is 0 Å². The summed E-state index contributed by atoms with van der Waals surface area (Å²) in [6.07, 6.45) is 61.2. The largest absolute Gasteiger partial charge is 0.466 e. The molecule has 7 atom stereocenters. The van der Waals surface area contributed by atoms with Crippen molar-refractivity contribution in [3.05, 3.63) is 36.5 Å². The van der Waals surface area contributed by atoms with E-state index in [4.69, 9.17) is 14.2 Å². The first kappa shape index (κ1) is 73.9. The van der Waals surface area contributed by atoms with E-state index >= 15 is 0 Å². The Morgan fingerprint density at radius 1 is 0.462 bits per heavy atom. The number of carbonyl (C=O) groups excluding carboxylic acids is 2. The molecule has 0 spiro atoms. The monoisotopic (exact) mass is 1100 g/mol.